The Labute approximate surface area is 152 Å². The Kier molecular flexibility index (Phi) is 7.31. The molecule has 6 nitrogen and oxygen atoms in total. The Morgan fingerprint density at radius 3 is 2.64 bits per heavy atom. The van der Waals surface area contributed by atoms with E-state index in [-0.39, 0.29) is 23.7 Å². The summed E-state index contributed by atoms with van der Waals surface area (Å²) >= 11 is 1.45. The van der Waals surface area contributed by atoms with Crippen molar-refractivity contribution in [2.24, 2.45) is 5.92 Å². The van der Waals surface area contributed by atoms with Gasteiger partial charge in [0.2, 0.25) is 11.8 Å². The average molecular weight is 364 g/mol. The van der Waals surface area contributed by atoms with Crippen LogP contribution in [-0.4, -0.2) is 48.1 Å². The van der Waals surface area contributed by atoms with E-state index in [0.717, 1.165) is 23.4 Å². The van der Waals surface area contributed by atoms with Crippen molar-refractivity contribution in [1.82, 2.24) is 4.90 Å². The highest BCUT2D eigenvalue weighted by molar-refractivity contribution is 8.00. The van der Waals surface area contributed by atoms with Crippen LogP contribution >= 0.6 is 11.8 Å². The SMILES string of the molecule is CCOC(=O)[C@H]1CCCN(C(=O)CSc2ccc(NC(C)=O)cc2)C1. The van der Waals surface area contributed by atoms with Gasteiger partial charge in [-0.2, -0.15) is 0 Å². The molecule has 0 unspecified atom stereocenters. The van der Waals surface area contributed by atoms with E-state index in [1.165, 1.54) is 18.7 Å². The zero-order chi connectivity index (χ0) is 18.2. The number of hydrogen-bond donors (Lipinski definition) is 1. The van der Waals surface area contributed by atoms with E-state index in [1.54, 1.807) is 11.8 Å². The fraction of sp³-hybridized carbons (Fsp3) is 0.500. The van der Waals surface area contributed by atoms with Crippen LogP contribution < -0.4 is 5.32 Å². The predicted octanol–water partition coefficient (Wildman–Crippen LogP) is 2.54. The molecule has 1 N–H and O–H groups in total. The first-order valence-electron chi connectivity index (χ1n) is 8.44. The molecule has 0 radical (unpaired) electrons. The monoisotopic (exact) mass is 364 g/mol. The maximum absolute atomic E-state index is 12.4. The van der Waals surface area contributed by atoms with E-state index < -0.39 is 0 Å². The smallest absolute Gasteiger partial charge is 0.310 e. The molecule has 1 aromatic rings. The molecular formula is C18H24N2O4S. The summed E-state index contributed by atoms with van der Waals surface area (Å²) in [5.41, 5.74) is 0.733. The number of amides is 2. The van der Waals surface area contributed by atoms with Crippen LogP contribution in [0.25, 0.3) is 0 Å². The molecule has 7 heteroatoms. The number of piperidine rings is 1. The molecule has 0 spiro atoms. The number of carbonyl (C=O) groups is 3. The zero-order valence-corrected chi connectivity index (χ0v) is 15.4. The van der Waals surface area contributed by atoms with Crippen molar-refractivity contribution in [2.45, 2.75) is 31.6 Å². The number of rotatable bonds is 6. The first-order chi connectivity index (χ1) is 12.0. The molecule has 0 aliphatic carbocycles. The van der Waals surface area contributed by atoms with Gasteiger partial charge in [-0.3, -0.25) is 14.4 Å². The van der Waals surface area contributed by atoms with Crippen molar-refractivity contribution in [3.8, 4) is 0 Å². The molecule has 1 atom stereocenters. The molecule has 0 saturated carbocycles. The summed E-state index contributed by atoms with van der Waals surface area (Å²) < 4.78 is 5.07. The summed E-state index contributed by atoms with van der Waals surface area (Å²) in [7, 11) is 0. The maximum atomic E-state index is 12.4. The second-order valence-electron chi connectivity index (χ2n) is 5.93. The number of ether oxygens (including phenoxy) is 1. The minimum Gasteiger partial charge on any atom is -0.466 e. The van der Waals surface area contributed by atoms with E-state index >= 15 is 0 Å². The summed E-state index contributed by atoms with van der Waals surface area (Å²) in [6, 6.07) is 7.37. The van der Waals surface area contributed by atoms with Crippen LogP contribution in [0.5, 0.6) is 0 Å². The second kappa shape index (κ2) is 9.46. The Hall–Kier alpha value is -2.02. The number of hydrogen-bond acceptors (Lipinski definition) is 5. The molecule has 1 saturated heterocycles. The van der Waals surface area contributed by atoms with Crippen molar-refractivity contribution >= 4 is 35.2 Å². The molecule has 25 heavy (non-hydrogen) atoms. The number of benzene rings is 1. The quantitative estimate of drug-likeness (QED) is 0.620. The topological polar surface area (TPSA) is 75.7 Å². The summed E-state index contributed by atoms with van der Waals surface area (Å²) in [4.78, 5) is 38.0. The highest BCUT2D eigenvalue weighted by Crippen LogP contribution is 2.23. The first-order valence-corrected chi connectivity index (χ1v) is 9.43. The van der Waals surface area contributed by atoms with Gasteiger partial charge < -0.3 is 15.0 Å². The fourth-order valence-electron chi connectivity index (χ4n) is 2.73. The number of nitrogens with zero attached hydrogens (tertiary/aromatic N) is 1. The van der Waals surface area contributed by atoms with E-state index in [1.807, 2.05) is 24.3 Å². The van der Waals surface area contributed by atoms with Gasteiger partial charge in [0.15, 0.2) is 0 Å². The molecule has 0 bridgehead atoms. The van der Waals surface area contributed by atoms with E-state index in [9.17, 15) is 14.4 Å². The summed E-state index contributed by atoms with van der Waals surface area (Å²) in [6.07, 6.45) is 1.60. The average Bonchev–Trinajstić information content (AvgIpc) is 2.60. The predicted molar refractivity (Wildman–Crippen MR) is 97.4 cm³/mol. The van der Waals surface area contributed by atoms with Gasteiger partial charge in [-0.25, -0.2) is 0 Å². The standard InChI is InChI=1S/C18H24N2O4S/c1-3-24-18(23)14-5-4-10-20(11-14)17(22)12-25-16-8-6-15(7-9-16)19-13(2)21/h6-9,14H,3-5,10-12H2,1-2H3,(H,19,21)/t14-/m0/s1. The summed E-state index contributed by atoms with van der Waals surface area (Å²) in [5, 5.41) is 2.71. The van der Waals surface area contributed by atoms with Crippen molar-refractivity contribution < 1.29 is 19.1 Å². The molecule has 1 aliphatic heterocycles. The van der Waals surface area contributed by atoms with Gasteiger partial charge in [0, 0.05) is 30.6 Å². The van der Waals surface area contributed by atoms with Crippen LogP contribution in [0.15, 0.2) is 29.2 Å². The zero-order valence-electron chi connectivity index (χ0n) is 14.6. The lowest BCUT2D eigenvalue weighted by atomic mass is 9.98. The van der Waals surface area contributed by atoms with Gasteiger partial charge in [0.05, 0.1) is 18.3 Å². The lowest BCUT2D eigenvalue weighted by molar-refractivity contribution is -0.151. The van der Waals surface area contributed by atoms with E-state index in [0.29, 0.717) is 25.4 Å². The van der Waals surface area contributed by atoms with Gasteiger partial charge in [0.1, 0.15) is 0 Å². The molecular weight excluding hydrogens is 340 g/mol. The van der Waals surface area contributed by atoms with Crippen LogP contribution in [0, 0.1) is 5.92 Å². The van der Waals surface area contributed by atoms with E-state index in [2.05, 4.69) is 5.32 Å². The summed E-state index contributed by atoms with van der Waals surface area (Å²) in [6.45, 7) is 4.76. The third-order valence-electron chi connectivity index (χ3n) is 3.93. The van der Waals surface area contributed by atoms with Crippen LogP contribution in [0.3, 0.4) is 0 Å². The van der Waals surface area contributed by atoms with E-state index in [4.69, 9.17) is 4.74 Å². The number of likely N-dealkylation sites (tertiary alicyclic amines) is 1. The third-order valence-corrected chi connectivity index (χ3v) is 4.93. The van der Waals surface area contributed by atoms with Crippen LogP contribution in [-0.2, 0) is 19.1 Å². The highest BCUT2D eigenvalue weighted by Gasteiger charge is 2.29. The molecule has 2 rings (SSSR count). The lowest BCUT2D eigenvalue weighted by Crippen LogP contribution is -2.43. The molecule has 1 fully saturated rings. The number of nitrogens with one attached hydrogen (secondary N) is 1. The van der Waals surface area contributed by atoms with Crippen LogP contribution in [0.4, 0.5) is 5.69 Å². The Morgan fingerprint density at radius 2 is 2.00 bits per heavy atom. The van der Waals surface area contributed by atoms with Gasteiger partial charge in [-0.15, -0.1) is 11.8 Å². The molecule has 2 amide bonds. The largest absolute Gasteiger partial charge is 0.466 e. The normalized spacial score (nSPS) is 17.0. The Morgan fingerprint density at radius 1 is 1.28 bits per heavy atom. The molecule has 1 aliphatic rings. The van der Waals surface area contributed by atoms with Gasteiger partial charge in [-0.1, -0.05) is 0 Å². The number of anilines is 1. The number of esters is 1. The van der Waals surface area contributed by atoms with Crippen molar-refractivity contribution in [3.63, 3.8) is 0 Å². The second-order valence-corrected chi connectivity index (χ2v) is 6.97. The third kappa shape index (κ3) is 6.08. The lowest BCUT2D eigenvalue weighted by Gasteiger charge is -2.31. The molecule has 0 aromatic heterocycles. The number of carbonyl (C=O) groups excluding carboxylic acids is 3. The molecule has 136 valence electrons. The molecule has 1 heterocycles. The highest BCUT2D eigenvalue weighted by atomic mass is 32.2. The minimum absolute atomic E-state index is 0.0323. The van der Waals surface area contributed by atoms with Crippen LogP contribution in [0.2, 0.25) is 0 Å². The number of thioether (sulfide) groups is 1. The van der Waals surface area contributed by atoms with Gasteiger partial charge in [-0.05, 0) is 44.0 Å². The van der Waals surface area contributed by atoms with Crippen molar-refractivity contribution in [2.75, 3.05) is 30.8 Å². The Balaban J connectivity index is 1.83. The Bertz CT molecular complexity index is 618. The fourth-order valence-corrected chi connectivity index (χ4v) is 3.53. The van der Waals surface area contributed by atoms with Gasteiger partial charge in [0.25, 0.3) is 0 Å². The van der Waals surface area contributed by atoms with Crippen LogP contribution in [0.1, 0.15) is 26.7 Å². The molecule has 1 aromatic carbocycles. The first kappa shape index (κ1) is 19.3. The maximum Gasteiger partial charge on any atom is 0.310 e. The van der Waals surface area contributed by atoms with Gasteiger partial charge >= 0.3 is 5.97 Å². The summed E-state index contributed by atoms with van der Waals surface area (Å²) in [5.74, 6) is -0.169. The van der Waals surface area contributed by atoms with Crippen molar-refractivity contribution in [3.05, 3.63) is 24.3 Å². The van der Waals surface area contributed by atoms with Crippen molar-refractivity contribution in [1.29, 1.82) is 0 Å². The minimum atomic E-state index is -0.209.